The normalized spacial score (nSPS) is 17.0. The molecule has 3 heterocycles. The first-order chi connectivity index (χ1) is 14.5. The number of hydrogen-bond acceptors (Lipinski definition) is 6. The highest BCUT2D eigenvalue weighted by Crippen LogP contribution is 2.25. The number of rotatable bonds is 8. The second-order valence-electron chi connectivity index (χ2n) is 7.80. The highest BCUT2D eigenvalue weighted by Gasteiger charge is 2.25. The molecule has 3 rings (SSSR count). The van der Waals surface area contributed by atoms with Gasteiger partial charge in [0.1, 0.15) is 12.4 Å². The Labute approximate surface area is 176 Å². The fourth-order valence-corrected chi connectivity index (χ4v) is 3.96. The molecule has 1 saturated heterocycles. The van der Waals surface area contributed by atoms with Gasteiger partial charge in [-0.1, -0.05) is 12.5 Å². The molecule has 0 aliphatic carbocycles. The number of fused-ring (bicyclic) bond motifs is 1. The number of anilines is 1. The predicted molar refractivity (Wildman–Crippen MR) is 111 cm³/mol. The highest BCUT2D eigenvalue weighted by molar-refractivity contribution is 5.86. The van der Waals surface area contributed by atoms with Crippen molar-refractivity contribution in [2.75, 3.05) is 51.3 Å². The third kappa shape index (κ3) is 5.69. The first-order valence-corrected chi connectivity index (χ1v) is 10.5. The van der Waals surface area contributed by atoms with Gasteiger partial charge < -0.3 is 14.7 Å². The van der Waals surface area contributed by atoms with Crippen molar-refractivity contribution >= 4 is 23.8 Å². The molecule has 0 atom stereocenters. The van der Waals surface area contributed by atoms with Crippen LogP contribution in [0.4, 0.5) is 10.6 Å². The molecule has 0 saturated carbocycles. The Hall–Kier alpha value is -2.68. The van der Waals surface area contributed by atoms with E-state index in [1.807, 2.05) is 12.1 Å². The lowest BCUT2D eigenvalue weighted by atomic mass is 10.0. The number of unbranched alkanes of at least 4 members (excludes halogenated alkanes) is 2. The number of carboxylic acid groups (broad SMARTS) is 1. The molecular formula is C21H30N4O5. The number of esters is 1. The topological polar surface area (TPSA) is 103 Å². The number of methoxy groups -OCH3 is 1. The Morgan fingerprint density at radius 3 is 2.73 bits per heavy atom. The Kier molecular flexibility index (Phi) is 7.62. The van der Waals surface area contributed by atoms with Crippen LogP contribution in [0.25, 0.3) is 0 Å². The molecule has 0 spiro atoms. The molecule has 0 unspecified atom stereocenters. The molecule has 1 fully saturated rings. The SMILES string of the molecule is COC(=O)CN1CCN(CCCCCc2ccc3c(n2)N(C(=O)O)CCC3)CC1=O. The fourth-order valence-electron chi connectivity index (χ4n) is 3.96. The zero-order valence-corrected chi connectivity index (χ0v) is 17.5. The largest absolute Gasteiger partial charge is 0.468 e. The first-order valence-electron chi connectivity index (χ1n) is 10.5. The predicted octanol–water partition coefficient (Wildman–Crippen LogP) is 1.54. The Bertz CT molecular complexity index is 785. The smallest absolute Gasteiger partial charge is 0.413 e. The van der Waals surface area contributed by atoms with E-state index in [-0.39, 0.29) is 18.4 Å². The van der Waals surface area contributed by atoms with Gasteiger partial charge in [-0.25, -0.2) is 9.78 Å². The molecule has 0 radical (unpaired) electrons. The number of aryl methyl sites for hydroxylation is 2. The summed E-state index contributed by atoms with van der Waals surface area (Å²) < 4.78 is 4.62. The molecule has 9 nitrogen and oxygen atoms in total. The van der Waals surface area contributed by atoms with Crippen molar-refractivity contribution in [2.45, 2.75) is 38.5 Å². The summed E-state index contributed by atoms with van der Waals surface area (Å²) >= 11 is 0. The number of piperazine rings is 1. The molecule has 1 aromatic heterocycles. The molecule has 1 aromatic rings. The third-order valence-electron chi connectivity index (χ3n) is 5.68. The zero-order chi connectivity index (χ0) is 21.5. The lowest BCUT2D eigenvalue weighted by Gasteiger charge is -2.33. The monoisotopic (exact) mass is 418 g/mol. The summed E-state index contributed by atoms with van der Waals surface area (Å²) in [5.74, 6) is 0.168. The van der Waals surface area contributed by atoms with Crippen molar-refractivity contribution in [1.29, 1.82) is 0 Å². The average molecular weight is 418 g/mol. The van der Waals surface area contributed by atoms with Gasteiger partial charge in [0.25, 0.3) is 0 Å². The molecule has 0 bridgehead atoms. The maximum Gasteiger partial charge on any atom is 0.413 e. The van der Waals surface area contributed by atoms with Crippen LogP contribution in [0.3, 0.4) is 0 Å². The van der Waals surface area contributed by atoms with Crippen molar-refractivity contribution in [3.8, 4) is 0 Å². The van der Waals surface area contributed by atoms with Crippen LogP contribution in [0.2, 0.25) is 0 Å². The third-order valence-corrected chi connectivity index (χ3v) is 5.68. The van der Waals surface area contributed by atoms with Crippen LogP contribution in [0, 0.1) is 0 Å². The number of aromatic nitrogens is 1. The first kappa shape index (κ1) is 22.0. The minimum atomic E-state index is -0.943. The van der Waals surface area contributed by atoms with Crippen molar-refractivity contribution in [3.63, 3.8) is 0 Å². The number of ether oxygens (including phenoxy) is 1. The number of amides is 2. The molecule has 0 aromatic carbocycles. The minimum Gasteiger partial charge on any atom is -0.468 e. The summed E-state index contributed by atoms with van der Waals surface area (Å²) in [6.45, 7) is 3.03. The van der Waals surface area contributed by atoms with Gasteiger partial charge in [0, 0.05) is 25.3 Å². The number of pyridine rings is 1. The van der Waals surface area contributed by atoms with E-state index in [2.05, 4.69) is 14.6 Å². The van der Waals surface area contributed by atoms with E-state index < -0.39 is 6.09 Å². The van der Waals surface area contributed by atoms with Crippen LogP contribution in [0.5, 0.6) is 0 Å². The molecule has 2 amide bonds. The highest BCUT2D eigenvalue weighted by atomic mass is 16.5. The molecule has 1 N–H and O–H groups in total. The molecular weight excluding hydrogens is 388 g/mol. The Balaban J connectivity index is 1.38. The van der Waals surface area contributed by atoms with Crippen molar-refractivity contribution in [1.82, 2.24) is 14.8 Å². The van der Waals surface area contributed by atoms with Crippen LogP contribution in [-0.2, 0) is 27.2 Å². The zero-order valence-electron chi connectivity index (χ0n) is 17.5. The van der Waals surface area contributed by atoms with Crippen LogP contribution in [0.1, 0.15) is 36.9 Å². The summed E-state index contributed by atoms with van der Waals surface area (Å²) in [4.78, 5) is 44.5. The van der Waals surface area contributed by atoms with Crippen molar-refractivity contribution < 1.29 is 24.2 Å². The quantitative estimate of drug-likeness (QED) is 0.504. The Morgan fingerprint density at radius 1 is 1.17 bits per heavy atom. The average Bonchev–Trinajstić information content (AvgIpc) is 2.74. The number of carbonyl (C=O) groups is 3. The molecule has 30 heavy (non-hydrogen) atoms. The van der Waals surface area contributed by atoms with Crippen LogP contribution in [-0.4, -0.2) is 84.2 Å². The van der Waals surface area contributed by atoms with Crippen molar-refractivity contribution in [3.05, 3.63) is 23.4 Å². The lowest BCUT2D eigenvalue weighted by molar-refractivity contribution is -0.149. The number of hydrogen-bond donors (Lipinski definition) is 1. The standard InChI is InChI=1S/C21H30N4O5/c1-30-19(27)15-24-13-12-23(14-18(24)26)10-4-2-3-7-17-9-8-16-6-5-11-25(21(28)29)20(16)22-17/h8-9H,2-7,10-15H2,1H3,(H,28,29). The van der Waals surface area contributed by atoms with E-state index in [0.29, 0.717) is 25.5 Å². The van der Waals surface area contributed by atoms with Gasteiger partial charge in [0.15, 0.2) is 0 Å². The Morgan fingerprint density at radius 2 is 2.00 bits per heavy atom. The summed E-state index contributed by atoms with van der Waals surface area (Å²) in [5.41, 5.74) is 1.93. The van der Waals surface area contributed by atoms with E-state index in [9.17, 15) is 19.5 Å². The van der Waals surface area contributed by atoms with Gasteiger partial charge in [-0.05, 0) is 50.3 Å². The van der Waals surface area contributed by atoms with E-state index in [1.165, 1.54) is 12.0 Å². The van der Waals surface area contributed by atoms with Crippen LogP contribution in [0.15, 0.2) is 12.1 Å². The second kappa shape index (κ2) is 10.4. The summed E-state index contributed by atoms with van der Waals surface area (Å²) in [5, 5.41) is 9.37. The summed E-state index contributed by atoms with van der Waals surface area (Å²) in [7, 11) is 1.32. The van der Waals surface area contributed by atoms with Crippen LogP contribution < -0.4 is 4.90 Å². The lowest BCUT2D eigenvalue weighted by Crippen LogP contribution is -2.51. The van der Waals surface area contributed by atoms with E-state index >= 15 is 0 Å². The van der Waals surface area contributed by atoms with E-state index in [4.69, 9.17) is 0 Å². The van der Waals surface area contributed by atoms with Gasteiger partial charge >= 0.3 is 12.1 Å². The molecule has 9 heteroatoms. The maximum absolute atomic E-state index is 12.1. The van der Waals surface area contributed by atoms with Crippen molar-refractivity contribution in [2.24, 2.45) is 0 Å². The van der Waals surface area contributed by atoms with Crippen LogP contribution >= 0.6 is 0 Å². The summed E-state index contributed by atoms with van der Waals surface area (Å²) in [6, 6.07) is 4.01. The maximum atomic E-state index is 12.1. The summed E-state index contributed by atoms with van der Waals surface area (Å²) in [6.07, 6.45) is 4.54. The minimum absolute atomic E-state index is 0.0241. The molecule has 2 aliphatic rings. The fraction of sp³-hybridized carbons (Fsp3) is 0.619. The van der Waals surface area contributed by atoms with E-state index in [1.54, 1.807) is 4.90 Å². The van der Waals surface area contributed by atoms with E-state index in [0.717, 1.165) is 62.9 Å². The van der Waals surface area contributed by atoms with Gasteiger partial charge in [-0.2, -0.15) is 0 Å². The number of carbonyl (C=O) groups excluding carboxylic acids is 2. The van der Waals surface area contributed by atoms with Gasteiger partial charge in [0.05, 0.1) is 13.7 Å². The molecule has 164 valence electrons. The van der Waals surface area contributed by atoms with Gasteiger partial charge in [0.2, 0.25) is 5.91 Å². The van der Waals surface area contributed by atoms with Gasteiger partial charge in [-0.3, -0.25) is 19.4 Å². The number of nitrogens with zero attached hydrogens (tertiary/aromatic N) is 4. The molecule has 2 aliphatic heterocycles. The second-order valence-corrected chi connectivity index (χ2v) is 7.80. The van der Waals surface area contributed by atoms with Gasteiger partial charge in [-0.15, -0.1) is 0 Å².